The van der Waals surface area contributed by atoms with Crippen LogP contribution in [-0.2, 0) is 12.2 Å². The SMILES string of the molecule is N#Cc1ccc(CSc2ccccc2C(=O)Nc2ccccc2Cc2ccccc2)cc1. The smallest absolute Gasteiger partial charge is 0.256 e. The van der Waals surface area contributed by atoms with Crippen LogP contribution in [0.25, 0.3) is 0 Å². The normalized spacial score (nSPS) is 10.3. The number of nitriles is 1. The van der Waals surface area contributed by atoms with E-state index in [0.717, 1.165) is 33.9 Å². The van der Waals surface area contributed by atoms with E-state index in [1.807, 2.05) is 91.0 Å². The number of hydrogen-bond acceptors (Lipinski definition) is 3. The second-order valence-electron chi connectivity index (χ2n) is 7.37. The molecule has 0 radical (unpaired) electrons. The molecule has 3 nitrogen and oxygen atoms in total. The van der Waals surface area contributed by atoms with Gasteiger partial charge < -0.3 is 5.32 Å². The third-order valence-corrected chi connectivity index (χ3v) is 6.26. The average Bonchev–Trinajstić information content (AvgIpc) is 2.85. The van der Waals surface area contributed by atoms with Gasteiger partial charge in [0.1, 0.15) is 0 Å². The Balaban J connectivity index is 1.49. The minimum atomic E-state index is -0.117. The van der Waals surface area contributed by atoms with Crippen molar-refractivity contribution >= 4 is 23.4 Å². The van der Waals surface area contributed by atoms with Crippen molar-refractivity contribution in [3.8, 4) is 6.07 Å². The molecular weight excluding hydrogens is 412 g/mol. The first-order chi connectivity index (χ1) is 15.7. The lowest BCUT2D eigenvalue weighted by Gasteiger charge is -2.13. The van der Waals surface area contributed by atoms with Crippen LogP contribution in [0.3, 0.4) is 0 Å². The van der Waals surface area contributed by atoms with Gasteiger partial charge in [0, 0.05) is 16.3 Å². The number of nitrogens with zero attached hydrogens (tertiary/aromatic N) is 1. The van der Waals surface area contributed by atoms with Gasteiger partial charge in [-0.15, -0.1) is 11.8 Å². The molecule has 4 aromatic rings. The van der Waals surface area contributed by atoms with Gasteiger partial charge in [0.25, 0.3) is 5.91 Å². The maximum atomic E-state index is 13.2. The summed E-state index contributed by atoms with van der Waals surface area (Å²) in [5.41, 5.74) is 5.52. The third-order valence-electron chi connectivity index (χ3n) is 5.11. The summed E-state index contributed by atoms with van der Waals surface area (Å²) in [4.78, 5) is 14.1. The molecule has 4 heteroatoms. The van der Waals surface area contributed by atoms with Gasteiger partial charge >= 0.3 is 0 Å². The Bertz CT molecular complexity index is 1240. The predicted octanol–water partition coefficient (Wildman–Crippen LogP) is 6.69. The summed E-state index contributed by atoms with van der Waals surface area (Å²) in [6, 6.07) is 35.5. The van der Waals surface area contributed by atoms with E-state index in [0.29, 0.717) is 11.1 Å². The van der Waals surface area contributed by atoms with Crippen molar-refractivity contribution in [1.29, 1.82) is 5.26 Å². The van der Waals surface area contributed by atoms with Crippen molar-refractivity contribution in [3.63, 3.8) is 0 Å². The Morgan fingerprint density at radius 1 is 0.781 bits per heavy atom. The molecule has 32 heavy (non-hydrogen) atoms. The fourth-order valence-electron chi connectivity index (χ4n) is 3.42. The van der Waals surface area contributed by atoms with Crippen molar-refractivity contribution in [1.82, 2.24) is 0 Å². The minimum Gasteiger partial charge on any atom is -0.322 e. The zero-order valence-corrected chi connectivity index (χ0v) is 18.3. The van der Waals surface area contributed by atoms with Crippen LogP contribution in [0.2, 0.25) is 0 Å². The molecule has 0 fully saturated rings. The van der Waals surface area contributed by atoms with Crippen LogP contribution in [0.5, 0.6) is 0 Å². The molecule has 0 spiro atoms. The number of benzene rings is 4. The topological polar surface area (TPSA) is 52.9 Å². The first-order valence-corrected chi connectivity index (χ1v) is 11.4. The van der Waals surface area contributed by atoms with Crippen LogP contribution < -0.4 is 5.32 Å². The molecule has 4 rings (SSSR count). The van der Waals surface area contributed by atoms with Crippen molar-refractivity contribution in [3.05, 3.63) is 131 Å². The van der Waals surface area contributed by atoms with Crippen molar-refractivity contribution in [2.45, 2.75) is 17.1 Å². The molecule has 0 saturated carbocycles. The number of rotatable bonds is 7. The van der Waals surface area contributed by atoms with E-state index in [4.69, 9.17) is 5.26 Å². The Morgan fingerprint density at radius 2 is 1.47 bits per heavy atom. The number of anilines is 1. The Labute approximate surface area is 192 Å². The van der Waals surface area contributed by atoms with Crippen molar-refractivity contribution < 1.29 is 4.79 Å². The van der Waals surface area contributed by atoms with E-state index in [1.165, 1.54) is 5.56 Å². The van der Waals surface area contributed by atoms with Crippen LogP contribution in [-0.4, -0.2) is 5.91 Å². The molecule has 0 atom stereocenters. The van der Waals surface area contributed by atoms with Gasteiger partial charge in [-0.3, -0.25) is 4.79 Å². The number of carbonyl (C=O) groups is 1. The van der Waals surface area contributed by atoms with Gasteiger partial charge in [-0.1, -0.05) is 72.8 Å². The van der Waals surface area contributed by atoms with Crippen molar-refractivity contribution in [2.24, 2.45) is 0 Å². The number of carbonyl (C=O) groups excluding carboxylic acids is 1. The molecule has 0 saturated heterocycles. The van der Waals surface area contributed by atoms with Gasteiger partial charge in [0.2, 0.25) is 0 Å². The first kappa shape index (κ1) is 21.4. The van der Waals surface area contributed by atoms with Gasteiger partial charge in [-0.25, -0.2) is 0 Å². The number of para-hydroxylation sites is 1. The highest BCUT2D eigenvalue weighted by Crippen LogP contribution is 2.28. The molecule has 1 N–H and O–H groups in total. The third kappa shape index (κ3) is 5.46. The maximum absolute atomic E-state index is 13.2. The van der Waals surface area contributed by atoms with Crippen LogP contribution >= 0.6 is 11.8 Å². The van der Waals surface area contributed by atoms with E-state index >= 15 is 0 Å². The summed E-state index contributed by atoms with van der Waals surface area (Å²) in [6.07, 6.45) is 0.756. The molecule has 1 amide bonds. The summed E-state index contributed by atoms with van der Waals surface area (Å²) in [7, 11) is 0. The number of hydrogen-bond donors (Lipinski definition) is 1. The second kappa shape index (κ2) is 10.5. The molecule has 0 unspecified atom stereocenters. The molecule has 4 aromatic carbocycles. The summed E-state index contributed by atoms with van der Waals surface area (Å²) in [6.45, 7) is 0. The van der Waals surface area contributed by atoms with Crippen LogP contribution in [0.1, 0.15) is 32.6 Å². The predicted molar refractivity (Wildman–Crippen MR) is 131 cm³/mol. The van der Waals surface area contributed by atoms with Crippen LogP contribution in [0, 0.1) is 11.3 Å². The Hall–Kier alpha value is -3.81. The fourth-order valence-corrected chi connectivity index (χ4v) is 4.42. The van der Waals surface area contributed by atoms with Crippen LogP contribution in [0.15, 0.2) is 108 Å². The molecule has 0 aromatic heterocycles. The largest absolute Gasteiger partial charge is 0.322 e. The summed E-state index contributed by atoms with van der Waals surface area (Å²) in [5.74, 6) is 0.606. The van der Waals surface area contributed by atoms with Gasteiger partial charge in [0.15, 0.2) is 0 Å². The van der Waals surface area contributed by atoms with Crippen molar-refractivity contribution in [2.75, 3.05) is 5.32 Å². The summed E-state index contributed by atoms with van der Waals surface area (Å²) in [5, 5.41) is 12.1. The first-order valence-electron chi connectivity index (χ1n) is 10.4. The van der Waals surface area contributed by atoms with E-state index in [-0.39, 0.29) is 5.91 Å². The van der Waals surface area contributed by atoms with Gasteiger partial charge in [-0.05, 0) is 53.4 Å². The molecule has 0 aliphatic heterocycles. The highest BCUT2D eigenvalue weighted by molar-refractivity contribution is 7.98. The highest BCUT2D eigenvalue weighted by Gasteiger charge is 2.14. The zero-order valence-electron chi connectivity index (χ0n) is 17.5. The molecular formula is C28H22N2OS. The highest BCUT2D eigenvalue weighted by atomic mass is 32.2. The monoisotopic (exact) mass is 434 g/mol. The van der Waals surface area contributed by atoms with Crippen LogP contribution in [0.4, 0.5) is 5.69 Å². The average molecular weight is 435 g/mol. The molecule has 0 aliphatic carbocycles. The molecule has 156 valence electrons. The Kier molecular flexibility index (Phi) is 7.01. The standard InChI is InChI=1S/C28H22N2OS/c29-19-22-14-16-23(17-15-22)20-32-27-13-7-5-11-25(27)28(31)30-26-12-6-4-10-24(26)18-21-8-2-1-3-9-21/h1-17H,18,20H2,(H,30,31). The lowest BCUT2D eigenvalue weighted by atomic mass is 10.0. The number of amides is 1. The van der Waals surface area contributed by atoms with E-state index < -0.39 is 0 Å². The molecule has 0 heterocycles. The Morgan fingerprint density at radius 3 is 2.25 bits per heavy atom. The number of nitrogens with one attached hydrogen (secondary N) is 1. The molecule has 0 bridgehead atoms. The molecule has 0 aliphatic rings. The lowest BCUT2D eigenvalue weighted by molar-refractivity contribution is 0.102. The minimum absolute atomic E-state index is 0.117. The summed E-state index contributed by atoms with van der Waals surface area (Å²) >= 11 is 1.62. The second-order valence-corrected chi connectivity index (χ2v) is 8.38. The quantitative estimate of drug-likeness (QED) is 0.330. The zero-order chi connectivity index (χ0) is 22.2. The van der Waals surface area contributed by atoms with E-state index in [2.05, 4.69) is 23.5 Å². The fraction of sp³-hybridized carbons (Fsp3) is 0.0714. The lowest BCUT2D eigenvalue weighted by Crippen LogP contribution is -2.14. The van der Waals surface area contributed by atoms with E-state index in [9.17, 15) is 4.79 Å². The number of thioether (sulfide) groups is 1. The van der Waals surface area contributed by atoms with E-state index in [1.54, 1.807) is 11.8 Å². The summed E-state index contributed by atoms with van der Waals surface area (Å²) < 4.78 is 0. The maximum Gasteiger partial charge on any atom is 0.256 e. The van der Waals surface area contributed by atoms with Gasteiger partial charge in [0.05, 0.1) is 17.2 Å². The van der Waals surface area contributed by atoms with Gasteiger partial charge in [-0.2, -0.15) is 5.26 Å².